The molecule has 0 saturated heterocycles. The number of nitrogens with two attached hydrogens (primary N) is 1. The Labute approximate surface area is 109 Å². The lowest BCUT2D eigenvalue weighted by Gasteiger charge is -2.24. The summed E-state index contributed by atoms with van der Waals surface area (Å²) in [6.45, 7) is 0. The molecule has 0 amide bonds. The van der Waals surface area contributed by atoms with Crippen molar-refractivity contribution in [1.82, 2.24) is 4.98 Å². The van der Waals surface area contributed by atoms with Crippen LogP contribution < -0.4 is 10.5 Å². The largest absolute Gasteiger partial charge is 0.495 e. The van der Waals surface area contributed by atoms with Crippen molar-refractivity contribution in [3.05, 3.63) is 24.0 Å². The van der Waals surface area contributed by atoms with Crippen molar-refractivity contribution in [3.63, 3.8) is 0 Å². The summed E-state index contributed by atoms with van der Waals surface area (Å²) in [7, 11) is 1.67. The fraction of sp³-hybridized carbons (Fsp3) is 0.667. The monoisotopic (exact) mass is 246 g/mol. The molecular weight excluding hydrogens is 224 g/mol. The Morgan fingerprint density at radius 3 is 2.94 bits per heavy atom. The van der Waals surface area contributed by atoms with Crippen LogP contribution in [0.15, 0.2) is 18.5 Å². The van der Waals surface area contributed by atoms with Crippen LogP contribution in [0, 0.1) is 17.8 Å². The summed E-state index contributed by atoms with van der Waals surface area (Å²) < 4.78 is 5.21. The topological polar surface area (TPSA) is 48.1 Å². The lowest BCUT2D eigenvalue weighted by molar-refractivity contribution is 0.295. The molecule has 0 radical (unpaired) electrons. The zero-order valence-electron chi connectivity index (χ0n) is 11.0. The predicted molar refractivity (Wildman–Crippen MR) is 71.3 cm³/mol. The summed E-state index contributed by atoms with van der Waals surface area (Å²) in [5.41, 5.74) is 7.44. The van der Waals surface area contributed by atoms with E-state index < -0.39 is 0 Å². The molecule has 2 saturated carbocycles. The quantitative estimate of drug-likeness (QED) is 0.888. The number of methoxy groups -OCH3 is 1. The molecule has 2 aliphatic rings. The molecule has 18 heavy (non-hydrogen) atoms. The Balaban J connectivity index is 1.65. The van der Waals surface area contributed by atoms with Crippen LogP contribution in [0.1, 0.15) is 43.7 Å². The molecule has 0 aromatic carbocycles. The molecule has 0 spiro atoms. The van der Waals surface area contributed by atoms with Crippen LogP contribution in [0.3, 0.4) is 0 Å². The molecule has 2 N–H and O–H groups in total. The van der Waals surface area contributed by atoms with E-state index in [1.807, 2.05) is 12.3 Å². The molecule has 4 unspecified atom stereocenters. The van der Waals surface area contributed by atoms with Crippen LogP contribution in [-0.2, 0) is 0 Å². The predicted octanol–water partition coefficient (Wildman–Crippen LogP) is 2.92. The Bertz CT molecular complexity index is 421. The number of nitrogens with zero attached hydrogens (tertiary/aromatic N) is 1. The molecule has 1 aromatic heterocycles. The van der Waals surface area contributed by atoms with Crippen molar-refractivity contribution in [2.75, 3.05) is 7.11 Å². The number of ether oxygens (including phenoxy) is 1. The number of hydrogen-bond donors (Lipinski definition) is 1. The zero-order valence-corrected chi connectivity index (χ0v) is 11.0. The lowest BCUT2D eigenvalue weighted by atomic mass is 9.83. The fourth-order valence-electron chi connectivity index (χ4n) is 3.88. The number of fused-ring (bicyclic) bond motifs is 2. The molecule has 4 atom stereocenters. The minimum Gasteiger partial charge on any atom is -0.495 e. The van der Waals surface area contributed by atoms with Crippen molar-refractivity contribution in [2.45, 2.75) is 38.1 Å². The van der Waals surface area contributed by atoms with Gasteiger partial charge in [0.05, 0.1) is 13.3 Å². The molecule has 2 fully saturated rings. The summed E-state index contributed by atoms with van der Waals surface area (Å²) >= 11 is 0. The van der Waals surface area contributed by atoms with E-state index in [0.29, 0.717) is 0 Å². The molecule has 0 aliphatic heterocycles. The third-order valence-corrected chi connectivity index (χ3v) is 4.84. The summed E-state index contributed by atoms with van der Waals surface area (Å²) in [5, 5.41) is 0. The molecule has 98 valence electrons. The first kappa shape index (κ1) is 12.0. The van der Waals surface area contributed by atoms with Crippen LogP contribution in [-0.4, -0.2) is 12.1 Å². The van der Waals surface area contributed by atoms with Crippen molar-refractivity contribution in [2.24, 2.45) is 23.5 Å². The molecule has 1 aromatic rings. The first-order valence-corrected chi connectivity index (χ1v) is 7.00. The maximum Gasteiger partial charge on any atom is 0.137 e. The average molecular weight is 246 g/mol. The molecule has 2 aliphatic carbocycles. The second kappa shape index (κ2) is 4.88. The highest BCUT2D eigenvalue weighted by Crippen LogP contribution is 2.50. The SMILES string of the molecule is COc1cncc(C(N)CC2CC3CCC2C3)c1. The average Bonchev–Trinajstić information content (AvgIpc) is 3.01. The van der Waals surface area contributed by atoms with Crippen LogP contribution in [0.2, 0.25) is 0 Å². The number of hydrogen-bond acceptors (Lipinski definition) is 3. The Hall–Kier alpha value is -1.09. The standard InChI is InChI=1S/C15H22N2O/c1-18-14-6-13(8-17-9-14)15(16)7-12-5-10-2-3-11(12)4-10/h6,8-12,15H,2-5,7,16H2,1H3. The van der Waals surface area contributed by atoms with Gasteiger partial charge in [-0.2, -0.15) is 0 Å². The summed E-state index contributed by atoms with van der Waals surface area (Å²) in [5.74, 6) is 3.58. The summed E-state index contributed by atoms with van der Waals surface area (Å²) in [6.07, 6.45) is 10.4. The summed E-state index contributed by atoms with van der Waals surface area (Å²) in [6, 6.07) is 2.13. The Morgan fingerprint density at radius 1 is 1.39 bits per heavy atom. The van der Waals surface area contributed by atoms with Gasteiger partial charge in [0.1, 0.15) is 5.75 Å². The van der Waals surface area contributed by atoms with Gasteiger partial charge in [-0.1, -0.05) is 6.42 Å². The van der Waals surface area contributed by atoms with Gasteiger partial charge in [0.25, 0.3) is 0 Å². The van der Waals surface area contributed by atoms with Gasteiger partial charge in [0, 0.05) is 12.2 Å². The molecule has 3 heteroatoms. The fourth-order valence-corrected chi connectivity index (χ4v) is 3.88. The Kier molecular flexibility index (Phi) is 3.25. The minimum absolute atomic E-state index is 0.108. The van der Waals surface area contributed by atoms with E-state index in [9.17, 15) is 0 Å². The van der Waals surface area contributed by atoms with Crippen molar-refractivity contribution < 1.29 is 4.74 Å². The van der Waals surface area contributed by atoms with Crippen molar-refractivity contribution in [1.29, 1.82) is 0 Å². The van der Waals surface area contributed by atoms with Gasteiger partial charge < -0.3 is 10.5 Å². The van der Waals surface area contributed by atoms with E-state index in [-0.39, 0.29) is 6.04 Å². The molecule has 2 bridgehead atoms. The minimum atomic E-state index is 0.108. The highest BCUT2D eigenvalue weighted by molar-refractivity contribution is 5.25. The van der Waals surface area contributed by atoms with Crippen LogP contribution >= 0.6 is 0 Å². The summed E-state index contributed by atoms with van der Waals surface area (Å²) in [4.78, 5) is 4.19. The van der Waals surface area contributed by atoms with Crippen molar-refractivity contribution >= 4 is 0 Å². The van der Waals surface area contributed by atoms with Crippen LogP contribution in [0.5, 0.6) is 5.75 Å². The third kappa shape index (κ3) is 2.24. The normalized spacial score (nSPS) is 31.6. The van der Waals surface area contributed by atoms with Gasteiger partial charge >= 0.3 is 0 Å². The maximum absolute atomic E-state index is 6.33. The van der Waals surface area contributed by atoms with Gasteiger partial charge in [-0.25, -0.2) is 0 Å². The molecule has 3 nitrogen and oxygen atoms in total. The number of aromatic nitrogens is 1. The van der Waals surface area contributed by atoms with E-state index >= 15 is 0 Å². The number of pyridine rings is 1. The van der Waals surface area contributed by atoms with E-state index in [1.165, 1.54) is 25.7 Å². The third-order valence-electron chi connectivity index (χ3n) is 4.84. The highest BCUT2D eigenvalue weighted by Gasteiger charge is 2.39. The van der Waals surface area contributed by atoms with Crippen LogP contribution in [0.4, 0.5) is 0 Å². The highest BCUT2D eigenvalue weighted by atomic mass is 16.5. The molecule has 1 heterocycles. The Morgan fingerprint density at radius 2 is 2.28 bits per heavy atom. The zero-order chi connectivity index (χ0) is 12.5. The number of rotatable bonds is 4. The van der Waals surface area contributed by atoms with E-state index in [4.69, 9.17) is 10.5 Å². The lowest BCUT2D eigenvalue weighted by Crippen LogP contribution is -2.19. The van der Waals surface area contributed by atoms with Crippen LogP contribution in [0.25, 0.3) is 0 Å². The van der Waals surface area contributed by atoms with E-state index in [2.05, 4.69) is 4.98 Å². The first-order chi connectivity index (χ1) is 8.76. The van der Waals surface area contributed by atoms with E-state index in [0.717, 1.165) is 35.5 Å². The molecular formula is C15H22N2O. The second-order valence-corrected chi connectivity index (χ2v) is 5.94. The van der Waals surface area contributed by atoms with Gasteiger partial charge in [-0.3, -0.25) is 4.98 Å². The van der Waals surface area contributed by atoms with Gasteiger partial charge in [0.15, 0.2) is 0 Å². The maximum atomic E-state index is 6.33. The van der Waals surface area contributed by atoms with E-state index in [1.54, 1.807) is 13.3 Å². The second-order valence-electron chi connectivity index (χ2n) is 5.94. The van der Waals surface area contributed by atoms with Gasteiger partial charge in [0.2, 0.25) is 0 Å². The molecule has 3 rings (SSSR count). The van der Waals surface area contributed by atoms with Gasteiger partial charge in [-0.05, 0) is 55.1 Å². The van der Waals surface area contributed by atoms with Gasteiger partial charge in [-0.15, -0.1) is 0 Å². The smallest absolute Gasteiger partial charge is 0.137 e. The van der Waals surface area contributed by atoms with Crippen molar-refractivity contribution in [3.8, 4) is 5.75 Å². The first-order valence-electron chi connectivity index (χ1n) is 7.00.